The molecule has 1 aliphatic rings. The Morgan fingerprint density at radius 2 is 1.74 bits per heavy atom. The highest BCUT2D eigenvalue weighted by atomic mass is 19.1. The third kappa shape index (κ3) is 6.81. The summed E-state index contributed by atoms with van der Waals surface area (Å²) in [5, 5.41) is 0. The van der Waals surface area contributed by atoms with Crippen LogP contribution in [0.2, 0.25) is 0 Å². The van der Waals surface area contributed by atoms with E-state index in [1.165, 1.54) is 44.6 Å². The van der Waals surface area contributed by atoms with Crippen LogP contribution in [0.1, 0.15) is 57.4 Å². The molecule has 1 aromatic rings. The van der Waals surface area contributed by atoms with Gasteiger partial charge in [-0.05, 0) is 36.6 Å². The molecule has 1 aliphatic carbocycles. The van der Waals surface area contributed by atoms with Crippen LogP contribution in [0.25, 0.3) is 6.08 Å². The van der Waals surface area contributed by atoms with Crippen LogP contribution in [0, 0.1) is 11.7 Å². The Balaban J connectivity index is 2.14. The van der Waals surface area contributed by atoms with Gasteiger partial charge in [0.15, 0.2) is 0 Å². The van der Waals surface area contributed by atoms with Gasteiger partial charge < -0.3 is 9.64 Å². The quantitative estimate of drug-likeness (QED) is 0.540. The van der Waals surface area contributed by atoms with Gasteiger partial charge in [-0.15, -0.1) is 0 Å². The fourth-order valence-electron chi connectivity index (χ4n) is 3.57. The number of methoxy groups -OCH3 is 1. The smallest absolute Gasteiger partial charge is 0.310 e. The Morgan fingerprint density at radius 3 is 2.33 bits per heavy atom. The molecule has 0 heterocycles. The second-order valence-corrected chi connectivity index (χ2v) is 7.30. The maximum Gasteiger partial charge on any atom is 0.310 e. The van der Waals surface area contributed by atoms with Crippen molar-refractivity contribution in [3.8, 4) is 0 Å². The van der Waals surface area contributed by atoms with E-state index in [1.54, 1.807) is 25.1 Å². The summed E-state index contributed by atoms with van der Waals surface area (Å²) in [5.41, 5.74) is 0.767. The van der Waals surface area contributed by atoms with Crippen LogP contribution in [0.15, 0.2) is 30.3 Å². The van der Waals surface area contributed by atoms with Crippen LogP contribution < -0.4 is 0 Å². The average Bonchev–Trinajstić information content (AvgIpc) is 2.65. The van der Waals surface area contributed by atoms with Crippen molar-refractivity contribution in [3.63, 3.8) is 0 Å². The summed E-state index contributed by atoms with van der Waals surface area (Å²) in [5.74, 6) is -1.09. The molecule has 5 heteroatoms. The monoisotopic (exact) mass is 375 g/mol. The van der Waals surface area contributed by atoms with Gasteiger partial charge in [-0.1, -0.05) is 51.2 Å². The Kier molecular flexibility index (Phi) is 8.49. The van der Waals surface area contributed by atoms with Gasteiger partial charge in [0.1, 0.15) is 5.82 Å². The van der Waals surface area contributed by atoms with Crippen molar-refractivity contribution in [2.24, 2.45) is 5.92 Å². The number of nitrogens with zero attached hydrogens (tertiary/aromatic N) is 1. The Morgan fingerprint density at radius 1 is 1.15 bits per heavy atom. The normalized spacial score (nSPS) is 17.1. The van der Waals surface area contributed by atoms with Crippen LogP contribution in [-0.4, -0.2) is 36.5 Å². The molecule has 1 atom stereocenters. The predicted molar refractivity (Wildman–Crippen MR) is 104 cm³/mol. The van der Waals surface area contributed by atoms with Crippen molar-refractivity contribution >= 4 is 18.0 Å². The summed E-state index contributed by atoms with van der Waals surface area (Å²) in [6, 6.07) is 6.15. The van der Waals surface area contributed by atoms with Gasteiger partial charge in [-0.3, -0.25) is 9.59 Å². The summed E-state index contributed by atoms with van der Waals surface area (Å²) in [4.78, 5) is 26.6. The zero-order valence-corrected chi connectivity index (χ0v) is 16.3. The number of carbonyl (C=O) groups excluding carboxylic acids is 2. The lowest BCUT2D eigenvalue weighted by Crippen LogP contribution is -2.43. The van der Waals surface area contributed by atoms with E-state index >= 15 is 0 Å². The van der Waals surface area contributed by atoms with Crippen LogP contribution in [0.4, 0.5) is 4.39 Å². The van der Waals surface area contributed by atoms with E-state index in [-0.39, 0.29) is 29.7 Å². The minimum Gasteiger partial charge on any atom is -0.469 e. The van der Waals surface area contributed by atoms with Crippen molar-refractivity contribution in [1.29, 1.82) is 0 Å². The molecule has 0 saturated heterocycles. The molecule has 27 heavy (non-hydrogen) atoms. The molecule has 0 aromatic heterocycles. The molecule has 148 valence electrons. The van der Waals surface area contributed by atoms with E-state index in [2.05, 4.69) is 0 Å². The number of carbonyl (C=O) groups is 2. The number of rotatable bonds is 6. The lowest BCUT2D eigenvalue weighted by atomic mass is 9.94. The Hall–Kier alpha value is -2.17. The first-order chi connectivity index (χ1) is 13.0. The Labute approximate surface area is 161 Å². The van der Waals surface area contributed by atoms with Crippen molar-refractivity contribution in [2.45, 2.75) is 57.9 Å². The fraction of sp³-hybridized carbons (Fsp3) is 0.545. The average molecular weight is 375 g/mol. The third-order valence-electron chi connectivity index (χ3n) is 5.16. The molecule has 1 unspecified atom stereocenters. The predicted octanol–water partition coefficient (Wildman–Crippen LogP) is 4.59. The SMILES string of the molecule is COC(=O)C(C)CN(C(=O)/C=C/c1ccc(F)cc1)C1CCCCCCC1. The van der Waals surface area contributed by atoms with E-state index in [0.717, 1.165) is 31.2 Å². The molecule has 0 spiro atoms. The lowest BCUT2D eigenvalue weighted by molar-refractivity contribution is -0.146. The number of hydrogen-bond donors (Lipinski definition) is 0. The number of benzene rings is 1. The summed E-state index contributed by atoms with van der Waals surface area (Å²) < 4.78 is 17.9. The third-order valence-corrected chi connectivity index (χ3v) is 5.16. The van der Waals surface area contributed by atoms with Gasteiger partial charge in [-0.25, -0.2) is 4.39 Å². The van der Waals surface area contributed by atoms with Crippen molar-refractivity contribution in [3.05, 3.63) is 41.7 Å². The molecular formula is C22H30FNO3. The maximum atomic E-state index is 13.0. The molecule has 1 fully saturated rings. The molecule has 0 aliphatic heterocycles. The highest BCUT2D eigenvalue weighted by Crippen LogP contribution is 2.23. The zero-order chi connectivity index (χ0) is 19.6. The highest BCUT2D eigenvalue weighted by molar-refractivity contribution is 5.92. The minimum atomic E-state index is -0.372. The molecule has 0 bridgehead atoms. The first-order valence-electron chi connectivity index (χ1n) is 9.83. The van der Waals surface area contributed by atoms with Gasteiger partial charge in [0, 0.05) is 18.7 Å². The minimum absolute atomic E-state index is 0.111. The summed E-state index contributed by atoms with van der Waals surface area (Å²) in [6.07, 6.45) is 11.0. The van der Waals surface area contributed by atoms with Crippen molar-refractivity contribution in [2.75, 3.05) is 13.7 Å². The highest BCUT2D eigenvalue weighted by Gasteiger charge is 2.27. The fourth-order valence-corrected chi connectivity index (χ4v) is 3.57. The van der Waals surface area contributed by atoms with Gasteiger partial charge in [0.2, 0.25) is 5.91 Å². The van der Waals surface area contributed by atoms with Gasteiger partial charge in [0.25, 0.3) is 0 Å². The van der Waals surface area contributed by atoms with Gasteiger partial charge in [0.05, 0.1) is 13.0 Å². The van der Waals surface area contributed by atoms with Gasteiger partial charge in [-0.2, -0.15) is 0 Å². The first-order valence-corrected chi connectivity index (χ1v) is 9.83. The molecule has 2 rings (SSSR count). The van der Waals surface area contributed by atoms with Crippen molar-refractivity contribution < 1.29 is 18.7 Å². The zero-order valence-electron chi connectivity index (χ0n) is 16.3. The van der Waals surface area contributed by atoms with Crippen LogP contribution >= 0.6 is 0 Å². The molecule has 0 N–H and O–H groups in total. The molecule has 1 saturated carbocycles. The van der Waals surface area contributed by atoms with E-state index in [4.69, 9.17) is 4.74 Å². The molecule has 1 amide bonds. The summed E-state index contributed by atoms with van der Waals surface area (Å²) >= 11 is 0. The first kappa shape index (κ1) is 21.1. The molecule has 1 aromatic carbocycles. The van der Waals surface area contributed by atoms with Crippen molar-refractivity contribution in [1.82, 2.24) is 4.90 Å². The topological polar surface area (TPSA) is 46.6 Å². The van der Waals surface area contributed by atoms with E-state index in [0.29, 0.717) is 6.54 Å². The number of esters is 1. The number of halogens is 1. The van der Waals surface area contributed by atoms with Crippen LogP contribution in [-0.2, 0) is 14.3 Å². The second-order valence-electron chi connectivity index (χ2n) is 7.30. The summed E-state index contributed by atoms with van der Waals surface area (Å²) in [7, 11) is 1.37. The Bertz CT molecular complexity index is 633. The standard InChI is InChI=1S/C22H30FNO3/c1-17(22(26)27-2)16-24(20-8-6-4-3-5-7-9-20)21(25)15-12-18-10-13-19(23)14-11-18/h10-15,17,20H,3-9,16H2,1-2H3/b15-12+. The summed E-state index contributed by atoms with van der Waals surface area (Å²) in [6.45, 7) is 2.14. The number of amides is 1. The van der Waals surface area contributed by atoms with E-state index < -0.39 is 0 Å². The largest absolute Gasteiger partial charge is 0.469 e. The van der Waals surface area contributed by atoms with E-state index in [1.807, 2.05) is 4.90 Å². The van der Waals surface area contributed by atoms with E-state index in [9.17, 15) is 14.0 Å². The second kappa shape index (κ2) is 10.9. The lowest BCUT2D eigenvalue weighted by Gasteiger charge is -2.34. The van der Waals surface area contributed by atoms with Crippen LogP contribution in [0.3, 0.4) is 0 Å². The number of ether oxygens (including phenoxy) is 1. The molecule has 0 radical (unpaired) electrons. The molecule has 4 nitrogen and oxygen atoms in total. The van der Waals surface area contributed by atoms with Crippen LogP contribution in [0.5, 0.6) is 0 Å². The number of hydrogen-bond acceptors (Lipinski definition) is 3. The maximum absolute atomic E-state index is 13.0. The van der Waals surface area contributed by atoms with Gasteiger partial charge >= 0.3 is 5.97 Å². The molecular weight excluding hydrogens is 345 g/mol.